The lowest BCUT2D eigenvalue weighted by Crippen LogP contribution is -2.08. The minimum Gasteiger partial charge on any atom is -0.335 e. The summed E-state index contributed by atoms with van der Waals surface area (Å²) in [6, 6.07) is 19.6. The molecule has 3 heteroatoms. The predicted octanol–water partition coefficient (Wildman–Crippen LogP) is 4.38. The number of nitrogens with one attached hydrogen (secondary N) is 1. The summed E-state index contributed by atoms with van der Waals surface area (Å²) in [5.41, 5.74) is 3.85. The maximum Gasteiger partial charge on any atom is 0.161 e. The largest absolute Gasteiger partial charge is 0.335 e. The summed E-state index contributed by atoms with van der Waals surface area (Å²) in [5, 5.41) is 4.49. The molecule has 0 fully saturated rings. The van der Waals surface area contributed by atoms with Gasteiger partial charge in [-0.3, -0.25) is 4.99 Å². The first-order valence-electron chi connectivity index (χ1n) is 7.44. The molecule has 0 spiro atoms. The first-order chi connectivity index (χ1) is 10.3. The highest BCUT2D eigenvalue weighted by molar-refractivity contribution is 8.14. The summed E-state index contributed by atoms with van der Waals surface area (Å²) < 4.78 is 0. The second kappa shape index (κ2) is 6.81. The molecule has 21 heavy (non-hydrogen) atoms. The third-order valence-electron chi connectivity index (χ3n) is 3.61. The average molecular weight is 296 g/mol. The number of benzene rings is 2. The van der Waals surface area contributed by atoms with Gasteiger partial charge < -0.3 is 5.32 Å². The summed E-state index contributed by atoms with van der Waals surface area (Å²) in [4.78, 5) is 4.80. The summed E-state index contributed by atoms with van der Waals surface area (Å²) in [7, 11) is 0. The summed E-state index contributed by atoms with van der Waals surface area (Å²) >= 11 is 1.82. The van der Waals surface area contributed by atoms with Crippen molar-refractivity contribution in [3.05, 3.63) is 65.7 Å². The van der Waals surface area contributed by atoms with Crippen molar-refractivity contribution in [3.63, 3.8) is 0 Å². The highest BCUT2D eigenvalue weighted by Gasteiger charge is 2.18. The lowest BCUT2D eigenvalue weighted by atomic mass is 10.1. The fraction of sp³-hybridized carbons (Fsp3) is 0.278. The van der Waals surface area contributed by atoms with E-state index in [-0.39, 0.29) is 0 Å². The number of hydrogen-bond acceptors (Lipinski definition) is 3. The standard InChI is InChI=1S/C18H20N2S/c1-2-14-9-6-10-16(11-14)19-18-20-17(13-21-18)12-15-7-4-3-5-8-15/h3-11,17H,2,12-13H2,1H3,(H,19,20). The fourth-order valence-corrected chi connectivity index (χ4v) is 3.42. The van der Waals surface area contributed by atoms with Crippen LogP contribution in [0.15, 0.2) is 59.6 Å². The van der Waals surface area contributed by atoms with Crippen LogP contribution in [0.4, 0.5) is 5.69 Å². The second-order valence-corrected chi connectivity index (χ2v) is 6.28. The summed E-state index contributed by atoms with van der Waals surface area (Å²) in [6.07, 6.45) is 2.08. The third kappa shape index (κ3) is 3.88. The Bertz CT molecular complexity index is 622. The van der Waals surface area contributed by atoms with E-state index in [1.165, 1.54) is 11.1 Å². The molecule has 2 aromatic carbocycles. The van der Waals surface area contributed by atoms with E-state index in [0.717, 1.165) is 29.4 Å². The summed E-state index contributed by atoms with van der Waals surface area (Å²) in [5.74, 6) is 1.06. The van der Waals surface area contributed by atoms with Gasteiger partial charge in [-0.2, -0.15) is 0 Å². The quantitative estimate of drug-likeness (QED) is 0.905. The van der Waals surface area contributed by atoms with E-state index in [9.17, 15) is 0 Å². The molecule has 0 amide bonds. The van der Waals surface area contributed by atoms with Crippen LogP contribution in [-0.2, 0) is 12.8 Å². The van der Waals surface area contributed by atoms with Crippen molar-refractivity contribution in [1.29, 1.82) is 0 Å². The van der Waals surface area contributed by atoms with Gasteiger partial charge in [0.25, 0.3) is 0 Å². The molecule has 0 saturated carbocycles. The Hall–Kier alpha value is -1.74. The van der Waals surface area contributed by atoms with Crippen molar-refractivity contribution in [2.75, 3.05) is 11.1 Å². The molecular formula is C18H20N2S. The molecular weight excluding hydrogens is 276 g/mol. The Morgan fingerprint density at radius 2 is 1.90 bits per heavy atom. The molecule has 2 nitrogen and oxygen atoms in total. The van der Waals surface area contributed by atoms with Gasteiger partial charge in [0, 0.05) is 11.4 Å². The smallest absolute Gasteiger partial charge is 0.161 e. The minimum atomic E-state index is 0.384. The monoisotopic (exact) mass is 296 g/mol. The van der Waals surface area contributed by atoms with Crippen molar-refractivity contribution in [2.45, 2.75) is 25.8 Å². The Morgan fingerprint density at radius 1 is 1.10 bits per heavy atom. The van der Waals surface area contributed by atoms with E-state index in [2.05, 4.69) is 66.8 Å². The number of nitrogens with zero attached hydrogens (tertiary/aromatic N) is 1. The Labute approximate surface area is 130 Å². The zero-order valence-corrected chi connectivity index (χ0v) is 13.1. The molecule has 0 aliphatic carbocycles. The van der Waals surface area contributed by atoms with Crippen molar-refractivity contribution < 1.29 is 0 Å². The first-order valence-corrected chi connectivity index (χ1v) is 8.42. The van der Waals surface area contributed by atoms with Gasteiger partial charge in [0.2, 0.25) is 0 Å². The van der Waals surface area contributed by atoms with Gasteiger partial charge in [-0.25, -0.2) is 0 Å². The first kappa shape index (κ1) is 14.2. The molecule has 1 atom stereocenters. The van der Waals surface area contributed by atoms with Gasteiger partial charge in [-0.05, 0) is 36.1 Å². The highest BCUT2D eigenvalue weighted by atomic mass is 32.2. The van der Waals surface area contributed by atoms with Crippen molar-refractivity contribution in [2.24, 2.45) is 4.99 Å². The molecule has 0 saturated heterocycles. The van der Waals surface area contributed by atoms with Crippen LogP contribution in [0.5, 0.6) is 0 Å². The van der Waals surface area contributed by atoms with Crippen LogP contribution in [0.1, 0.15) is 18.1 Å². The van der Waals surface area contributed by atoms with Crippen LogP contribution < -0.4 is 5.32 Å². The van der Waals surface area contributed by atoms with E-state index in [1.54, 1.807) is 0 Å². The van der Waals surface area contributed by atoms with Gasteiger partial charge in [-0.1, -0.05) is 61.2 Å². The van der Waals surface area contributed by atoms with Gasteiger partial charge >= 0.3 is 0 Å². The lowest BCUT2D eigenvalue weighted by molar-refractivity contribution is 0.762. The number of anilines is 1. The van der Waals surface area contributed by atoms with Gasteiger partial charge in [-0.15, -0.1) is 0 Å². The third-order valence-corrected chi connectivity index (χ3v) is 4.65. The van der Waals surface area contributed by atoms with E-state index >= 15 is 0 Å². The van der Waals surface area contributed by atoms with Gasteiger partial charge in [0.15, 0.2) is 5.17 Å². The topological polar surface area (TPSA) is 24.4 Å². The Kier molecular flexibility index (Phi) is 4.61. The van der Waals surface area contributed by atoms with E-state index in [0.29, 0.717) is 6.04 Å². The second-order valence-electron chi connectivity index (χ2n) is 5.27. The number of rotatable bonds is 4. The zero-order chi connectivity index (χ0) is 14.5. The number of hydrogen-bond donors (Lipinski definition) is 1. The van der Waals surface area contributed by atoms with E-state index in [4.69, 9.17) is 4.99 Å². The lowest BCUT2D eigenvalue weighted by Gasteiger charge is -2.06. The molecule has 1 aliphatic heterocycles. The molecule has 0 bridgehead atoms. The Balaban J connectivity index is 1.63. The molecule has 2 aromatic rings. The summed E-state index contributed by atoms with van der Waals surface area (Å²) in [6.45, 7) is 2.18. The normalized spacial score (nSPS) is 17.6. The molecule has 108 valence electrons. The minimum absolute atomic E-state index is 0.384. The molecule has 3 rings (SSSR count). The van der Waals surface area contributed by atoms with E-state index in [1.807, 2.05) is 11.8 Å². The SMILES string of the molecule is CCc1cccc(NC2=NC(Cc3ccccc3)CS2)c1. The molecule has 0 aromatic heterocycles. The van der Waals surface area contributed by atoms with Crippen LogP contribution in [0.25, 0.3) is 0 Å². The number of aliphatic imine (C=N–C) groups is 1. The van der Waals surface area contributed by atoms with Crippen molar-refractivity contribution >= 4 is 22.6 Å². The molecule has 1 unspecified atom stereocenters. The van der Waals surface area contributed by atoms with E-state index < -0.39 is 0 Å². The average Bonchev–Trinajstić information content (AvgIpc) is 2.95. The maximum absolute atomic E-state index is 4.80. The number of amidine groups is 1. The molecule has 1 heterocycles. The van der Waals surface area contributed by atoms with Crippen LogP contribution in [0.2, 0.25) is 0 Å². The molecule has 1 N–H and O–H groups in total. The molecule has 1 aliphatic rings. The number of thioether (sulfide) groups is 1. The fourth-order valence-electron chi connectivity index (χ4n) is 2.47. The van der Waals surface area contributed by atoms with Crippen LogP contribution in [-0.4, -0.2) is 17.0 Å². The van der Waals surface area contributed by atoms with Gasteiger partial charge in [0.05, 0.1) is 6.04 Å². The Morgan fingerprint density at radius 3 is 2.71 bits per heavy atom. The predicted molar refractivity (Wildman–Crippen MR) is 93.3 cm³/mol. The van der Waals surface area contributed by atoms with Crippen molar-refractivity contribution in [3.8, 4) is 0 Å². The van der Waals surface area contributed by atoms with Crippen molar-refractivity contribution in [1.82, 2.24) is 0 Å². The zero-order valence-electron chi connectivity index (χ0n) is 12.3. The number of aryl methyl sites for hydroxylation is 1. The maximum atomic E-state index is 4.80. The van der Waals surface area contributed by atoms with Crippen LogP contribution >= 0.6 is 11.8 Å². The molecule has 0 radical (unpaired) electrons. The van der Waals surface area contributed by atoms with Gasteiger partial charge in [0.1, 0.15) is 0 Å². The van der Waals surface area contributed by atoms with Crippen LogP contribution in [0.3, 0.4) is 0 Å². The van der Waals surface area contributed by atoms with Crippen LogP contribution in [0, 0.1) is 0 Å². The highest BCUT2D eigenvalue weighted by Crippen LogP contribution is 2.23.